The van der Waals surface area contributed by atoms with Crippen molar-refractivity contribution in [3.63, 3.8) is 0 Å². The summed E-state index contributed by atoms with van der Waals surface area (Å²) in [4.78, 5) is 11.9. The van der Waals surface area contributed by atoms with E-state index >= 15 is 0 Å². The quantitative estimate of drug-likeness (QED) is 0.823. The van der Waals surface area contributed by atoms with Gasteiger partial charge in [0.2, 0.25) is 5.91 Å². The molecule has 0 aromatic heterocycles. The molecule has 4 heteroatoms. The minimum atomic E-state index is -0.331. The molecule has 0 saturated heterocycles. The molecule has 3 nitrogen and oxygen atoms in total. The van der Waals surface area contributed by atoms with Crippen molar-refractivity contribution in [1.29, 1.82) is 0 Å². The number of amides is 1. The van der Waals surface area contributed by atoms with Gasteiger partial charge in [0.15, 0.2) is 0 Å². The molecule has 0 aliphatic heterocycles. The standard InChI is InChI=1S/C16H19FN2O/c1-11(13-5-6-13)16(20)19-10-14-9-12(3-2-8-18)4-7-15(14)17/h4,7,9,11,13H,5-6,8,10,18H2,1H3,(H,19,20). The Morgan fingerprint density at radius 1 is 1.55 bits per heavy atom. The van der Waals surface area contributed by atoms with E-state index in [1.165, 1.54) is 6.07 Å². The average molecular weight is 274 g/mol. The van der Waals surface area contributed by atoms with Crippen molar-refractivity contribution in [3.8, 4) is 11.8 Å². The van der Waals surface area contributed by atoms with Gasteiger partial charge in [0, 0.05) is 23.6 Å². The van der Waals surface area contributed by atoms with Crippen LogP contribution in [-0.2, 0) is 11.3 Å². The number of halogens is 1. The molecule has 1 saturated carbocycles. The fourth-order valence-electron chi connectivity index (χ4n) is 2.09. The predicted octanol–water partition coefficient (Wildman–Crippen LogP) is 1.80. The van der Waals surface area contributed by atoms with E-state index in [1.807, 2.05) is 6.92 Å². The lowest BCUT2D eigenvalue weighted by molar-refractivity contribution is -0.125. The second-order valence-electron chi connectivity index (χ2n) is 5.16. The smallest absolute Gasteiger partial charge is 0.223 e. The summed E-state index contributed by atoms with van der Waals surface area (Å²) in [6.45, 7) is 2.38. The summed E-state index contributed by atoms with van der Waals surface area (Å²) in [5, 5.41) is 2.79. The van der Waals surface area contributed by atoms with E-state index in [9.17, 15) is 9.18 Å². The molecule has 0 heterocycles. The minimum absolute atomic E-state index is 0.00894. The van der Waals surface area contributed by atoms with Crippen LogP contribution in [0.4, 0.5) is 4.39 Å². The third-order valence-corrected chi connectivity index (χ3v) is 3.58. The Hall–Kier alpha value is -1.86. The van der Waals surface area contributed by atoms with E-state index in [4.69, 9.17) is 5.73 Å². The Bertz CT molecular complexity index is 555. The molecule has 1 unspecified atom stereocenters. The number of nitrogens with one attached hydrogen (secondary N) is 1. The molecule has 0 radical (unpaired) electrons. The summed E-state index contributed by atoms with van der Waals surface area (Å²) >= 11 is 0. The van der Waals surface area contributed by atoms with E-state index in [0.29, 0.717) is 17.0 Å². The van der Waals surface area contributed by atoms with E-state index in [2.05, 4.69) is 17.2 Å². The van der Waals surface area contributed by atoms with E-state index < -0.39 is 0 Å². The number of carbonyl (C=O) groups excluding carboxylic acids is 1. The molecular formula is C16H19FN2O. The predicted molar refractivity (Wildman–Crippen MR) is 76.1 cm³/mol. The zero-order valence-corrected chi connectivity index (χ0v) is 11.6. The van der Waals surface area contributed by atoms with E-state index in [0.717, 1.165) is 12.8 Å². The molecule has 0 bridgehead atoms. The summed E-state index contributed by atoms with van der Waals surface area (Å²) in [6.07, 6.45) is 2.24. The van der Waals surface area contributed by atoms with Crippen molar-refractivity contribution in [2.45, 2.75) is 26.3 Å². The molecule has 3 N–H and O–H groups in total. The maximum Gasteiger partial charge on any atom is 0.223 e. The first-order chi connectivity index (χ1) is 9.61. The van der Waals surface area contributed by atoms with Gasteiger partial charge in [-0.25, -0.2) is 4.39 Å². The Morgan fingerprint density at radius 2 is 2.30 bits per heavy atom. The van der Waals surface area contributed by atoms with Crippen molar-refractivity contribution in [1.82, 2.24) is 5.32 Å². The molecule has 1 aliphatic rings. The molecule has 20 heavy (non-hydrogen) atoms. The van der Waals surface area contributed by atoms with Gasteiger partial charge in [0.05, 0.1) is 6.54 Å². The molecule has 1 atom stereocenters. The monoisotopic (exact) mass is 274 g/mol. The zero-order chi connectivity index (χ0) is 14.5. The Kier molecular flexibility index (Phi) is 4.75. The van der Waals surface area contributed by atoms with E-state index in [1.54, 1.807) is 12.1 Å². The van der Waals surface area contributed by atoms with Crippen molar-refractivity contribution in [3.05, 3.63) is 35.1 Å². The first-order valence-electron chi connectivity index (χ1n) is 6.87. The summed E-state index contributed by atoms with van der Waals surface area (Å²) in [6, 6.07) is 4.63. The minimum Gasteiger partial charge on any atom is -0.352 e. The molecule has 0 spiro atoms. The topological polar surface area (TPSA) is 55.1 Å². The maximum atomic E-state index is 13.7. The van der Waals surface area contributed by atoms with Crippen LogP contribution in [0.2, 0.25) is 0 Å². The molecule has 1 aromatic rings. The van der Waals surface area contributed by atoms with E-state index in [-0.39, 0.29) is 30.7 Å². The Balaban J connectivity index is 1.99. The van der Waals surface area contributed by atoms with Crippen LogP contribution in [-0.4, -0.2) is 12.5 Å². The van der Waals surface area contributed by atoms with Crippen LogP contribution in [0.5, 0.6) is 0 Å². The van der Waals surface area contributed by atoms with Crippen LogP contribution >= 0.6 is 0 Å². The first kappa shape index (κ1) is 14.5. The highest BCUT2D eigenvalue weighted by Crippen LogP contribution is 2.36. The molecule has 106 valence electrons. The molecule has 1 fully saturated rings. The second kappa shape index (κ2) is 6.53. The van der Waals surface area contributed by atoms with Crippen LogP contribution in [0.1, 0.15) is 30.9 Å². The molecule has 1 aromatic carbocycles. The van der Waals surface area contributed by atoms with Gasteiger partial charge in [0.1, 0.15) is 5.82 Å². The third kappa shape index (κ3) is 3.82. The van der Waals surface area contributed by atoms with Gasteiger partial charge in [-0.3, -0.25) is 4.79 Å². The van der Waals surface area contributed by atoms with Gasteiger partial charge in [0.25, 0.3) is 0 Å². The van der Waals surface area contributed by atoms with Gasteiger partial charge in [-0.05, 0) is 37.0 Å². The van der Waals surface area contributed by atoms with Gasteiger partial charge < -0.3 is 11.1 Å². The maximum absolute atomic E-state index is 13.7. The van der Waals surface area contributed by atoms with Crippen molar-refractivity contribution in [2.75, 3.05) is 6.54 Å². The number of hydrogen-bond donors (Lipinski definition) is 2. The van der Waals surface area contributed by atoms with Crippen LogP contribution in [0.25, 0.3) is 0 Å². The lowest BCUT2D eigenvalue weighted by atomic mass is 10.1. The molecule has 1 aliphatic carbocycles. The highest BCUT2D eigenvalue weighted by molar-refractivity contribution is 5.78. The average Bonchev–Trinajstić information content (AvgIpc) is 3.28. The fourth-order valence-corrected chi connectivity index (χ4v) is 2.09. The second-order valence-corrected chi connectivity index (χ2v) is 5.16. The normalized spacial score (nSPS) is 15.2. The number of benzene rings is 1. The van der Waals surface area contributed by atoms with Gasteiger partial charge in [-0.15, -0.1) is 0 Å². The highest BCUT2D eigenvalue weighted by atomic mass is 19.1. The summed E-state index contributed by atoms with van der Waals surface area (Å²) < 4.78 is 13.7. The summed E-state index contributed by atoms with van der Waals surface area (Å²) in [5.41, 5.74) is 6.46. The lowest BCUT2D eigenvalue weighted by Gasteiger charge is -2.11. The van der Waals surface area contributed by atoms with Gasteiger partial charge in [-0.1, -0.05) is 18.8 Å². The van der Waals surface area contributed by atoms with Gasteiger partial charge in [-0.2, -0.15) is 0 Å². The van der Waals surface area contributed by atoms with Crippen molar-refractivity contribution >= 4 is 5.91 Å². The number of hydrogen-bond acceptors (Lipinski definition) is 2. The lowest BCUT2D eigenvalue weighted by Crippen LogP contribution is -2.30. The van der Waals surface area contributed by atoms with Crippen LogP contribution < -0.4 is 11.1 Å². The fraction of sp³-hybridized carbons (Fsp3) is 0.438. The van der Waals surface area contributed by atoms with Crippen LogP contribution in [0.15, 0.2) is 18.2 Å². The largest absolute Gasteiger partial charge is 0.352 e. The summed E-state index contributed by atoms with van der Waals surface area (Å²) in [7, 11) is 0. The van der Waals surface area contributed by atoms with Crippen molar-refractivity contribution in [2.24, 2.45) is 17.6 Å². The number of rotatable bonds is 4. The first-order valence-corrected chi connectivity index (χ1v) is 6.87. The van der Waals surface area contributed by atoms with Crippen LogP contribution in [0, 0.1) is 29.5 Å². The highest BCUT2D eigenvalue weighted by Gasteiger charge is 2.32. The van der Waals surface area contributed by atoms with Crippen LogP contribution in [0.3, 0.4) is 0 Å². The Labute approximate surface area is 118 Å². The molecule has 1 amide bonds. The SMILES string of the molecule is CC(C(=O)NCc1cc(C#CCN)ccc1F)C1CC1. The number of carbonyl (C=O) groups is 1. The molecule has 2 rings (SSSR count). The summed E-state index contributed by atoms with van der Waals surface area (Å²) in [5.74, 6) is 5.76. The van der Waals surface area contributed by atoms with Crippen molar-refractivity contribution < 1.29 is 9.18 Å². The van der Waals surface area contributed by atoms with Gasteiger partial charge >= 0.3 is 0 Å². The molecular weight excluding hydrogens is 255 g/mol. The third-order valence-electron chi connectivity index (χ3n) is 3.58. The number of nitrogens with two attached hydrogens (primary N) is 1. The zero-order valence-electron chi connectivity index (χ0n) is 11.6. The Morgan fingerprint density at radius 3 is 2.95 bits per heavy atom.